The fourth-order valence-electron chi connectivity index (χ4n) is 3.46. The highest BCUT2D eigenvalue weighted by molar-refractivity contribution is 14.0. The highest BCUT2D eigenvalue weighted by Crippen LogP contribution is 2.18. The van der Waals surface area contributed by atoms with Crippen molar-refractivity contribution in [1.82, 2.24) is 10.6 Å². The van der Waals surface area contributed by atoms with Gasteiger partial charge in [0.1, 0.15) is 5.60 Å². The van der Waals surface area contributed by atoms with Crippen LogP contribution >= 0.6 is 24.0 Å². The molecule has 2 aromatic carbocycles. The highest BCUT2D eigenvalue weighted by Gasteiger charge is 2.16. The van der Waals surface area contributed by atoms with Crippen LogP contribution in [0.25, 0.3) is 0 Å². The molecule has 0 radical (unpaired) electrons. The minimum Gasteiger partial charge on any atom is -0.444 e. The number of amides is 1. The standard InChI is InChI=1S/C26H35N5O2.HI/c1-26(2,3)33-25(32)30-22-12-10-20(11-13-22)14-15-28-24(27-4)29-19-21-8-7-9-23(18-21)31-16-5-6-17-31;/h5-13,18H,14-17,19H2,1-4H3,(H,30,32)(H2,27,28,29);1H. The second-order valence-corrected chi connectivity index (χ2v) is 8.97. The number of anilines is 2. The maximum absolute atomic E-state index is 11.9. The van der Waals surface area contributed by atoms with Gasteiger partial charge in [-0.2, -0.15) is 0 Å². The molecule has 0 saturated heterocycles. The number of nitrogens with zero attached hydrogens (tertiary/aromatic N) is 2. The Labute approximate surface area is 220 Å². The molecule has 7 nitrogen and oxygen atoms in total. The third-order valence-corrected chi connectivity index (χ3v) is 5.08. The number of nitrogens with one attached hydrogen (secondary N) is 3. The van der Waals surface area contributed by atoms with Gasteiger partial charge in [0, 0.05) is 44.6 Å². The number of guanidine groups is 1. The molecule has 1 aliphatic rings. The van der Waals surface area contributed by atoms with E-state index < -0.39 is 11.7 Å². The zero-order chi connectivity index (χ0) is 23.7. The molecule has 0 saturated carbocycles. The van der Waals surface area contributed by atoms with Crippen LogP contribution < -0.4 is 20.9 Å². The first-order valence-corrected chi connectivity index (χ1v) is 11.3. The van der Waals surface area contributed by atoms with E-state index in [4.69, 9.17) is 4.74 Å². The maximum Gasteiger partial charge on any atom is 0.412 e. The largest absolute Gasteiger partial charge is 0.444 e. The fraction of sp³-hybridized carbons (Fsp3) is 0.385. The van der Waals surface area contributed by atoms with Gasteiger partial charge in [0.25, 0.3) is 0 Å². The Kier molecular flexibility index (Phi) is 10.7. The van der Waals surface area contributed by atoms with E-state index in [0.29, 0.717) is 12.2 Å². The summed E-state index contributed by atoms with van der Waals surface area (Å²) in [4.78, 5) is 18.5. The van der Waals surface area contributed by atoms with Gasteiger partial charge in [-0.3, -0.25) is 10.3 Å². The minimum atomic E-state index is -0.517. The lowest BCUT2D eigenvalue weighted by molar-refractivity contribution is 0.0636. The number of halogens is 1. The molecule has 0 aromatic heterocycles. The molecule has 1 heterocycles. The summed E-state index contributed by atoms with van der Waals surface area (Å²) in [5, 5.41) is 9.49. The molecule has 1 amide bonds. The number of hydrogen-bond acceptors (Lipinski definition) is 4. The van der Waals surface area contributed by atoms with Gasteiger partial charge >= 0.3 is 6.09 Å². The average Bonchev–Trinajstić information content (AvgIpc) is 3.31. The van der Waals surface area contributed by atoms with Gasteiger partial charge in [-0.1, -0.05) is 36.4 Å². The van der Waals surface area contributed by atoms with E-state index in [9.17, 15) is 4.79 Å². The Hall–Kier alpha value is -2.75. The summed E-state index contributed by atoms with van der Waals surface area (Å²) in [7, 11) is 1.78. The zero-order valence-corrected chi connectivity index (χ0v) is 22.8. The number of benzene rings is 2. The van der Waals surface area contributed by atoms with E-state index in [0.717, 1.165) is 32.0 Å². The summed E-state index contributed by atoms with van der Waals surface area (Å²) in [6.07, 6.45) is 4.78. The van der Waals surface area contributed by atoms with E-state index in [2.05, 4.69) is 62.3 Å². The Balaban J connectivity index is 0.00000408. The summed E-state index contributed by atoms with van der Waals surface area (Å²) in [5.74, 6) is 0.770. The van der Waals surface area contributed by atoms with Gasteiger partial charge < -0.3 is 20.3 Å². The Morgan fingerprint density at radius 3 is 2.38 bits per heavy atom. The van der Waals surface area contributed by atoms with Crippen molar-refractivity contribution in [2.24, 2.45) is 4.99 Å². The molecule has 184 valence electrons. The van der Waals surface area contributed by atoms with Crippen molar-refractivity contribution in [3.63, 3.8) is 0 Å². The van der Waals surface area contributed by atoms with E-state index >= 15 is 0 Å². The van der Waals surface area contributed by atoms with Crippen molar-refractivity contribution in [1.29, 1.82) is 0 Å². The summed E-state index contributed by atoms with van der Waals surface area (Å²) < 4.78 is 5.28. The van der Waals surface area contributed by atoms with Crippen LogP contribution in [0.4, 0.5) is 16.2 Å². The lowest BCUT2D eigenvalue weighted by Crippen LogP contribution is -2.37. The van der Waals surface area contributed by atoms with E-state index in [-0.39, 0.29) is 24.0 Å². The minimum absolute atomic E-state index is 0. The normalized spacial score (nSPS) is 13.3. The van der Waals surface area contributed by atoms with Gasteiger partial charge in [0.15, 0.2) is 5.96 Å². The van der Waals surface area contributed by atoms with Gasteiger partial charge in [0.05, 0.1) is 0 Å². The van der Waals surface area contributed by atoms with Crippen molar-refractivity contribution in [3.8, 4) is 0 Å². The average molecular weight is 578 g/mol. The summed E-state index contributed by atoms with van der Waals surface area (Å²) >= 11 is 0. The zero-order valence-electron chi connectivity index (χ0n) is 20.4. The summed E-state index contributed by atoms with van der Waals surface area (Å²) in [6, 6.07) is 16.4. The summed E-state index contributed by atoms with van der Waals surface area (Å²) in [5.41, 5.74) is 3.82. The van der Waals surface area contributed by atoms with Crippen molar-refractivity contribution in [3.05, 3.63) is 71.8 Å². The molecular formula is C26H36IN5O2. The topological polar surface area (TPSA) is 78.0 Å². The van der Waals surface area contributed by atoms with E-state index in [1.165, 1.54) is 16.8 Å². The number of rotatable bonds is 7. The maximum atomic E-state index is 11.9. The van der Waals surface area contributed by atoms with Gasteiger partial charge in [-0.15, -0.1) is 24.0 Å². The quantitative estimate of drug-likeness (QED) is 0.188. The lowest BCUT2D eigenvalue weighted by atomic mass is 10.1. The van der Waals surface area contributed by atoms with Crippen molar-refractivity contribution in [2.75, 3.05) is 36.9 Å². The van der Waals surface area contributed by atoms with Gasteiger partial charge in [-0.25, -0.2) is 4.79 Å². The van der Waals surface area contributed by atoms with Crippen molar-refractivity contribution < 1.29 is 9.53 Å². The fourth-order valence-corrected chi connectivity index (χ4v) is 3.46. The smallest absolute Gasteiger partial charge is 0.412 e. The molecule has 34 heavy (non-hydrogen) atoms. The first-order chi connectivity index (χ1) is 15.8. The third kappa shape index (κ3) is 9.24. The molecule has 2 aromatic rings. The molecule has 0 bridgehead atoms. The second kappa shape index (κ2) is 13.2. The molecule has 0 aliphatic carbocycles. The Morgan fingerprint density at radius 1 is 1.03 bits per heavy atom. The van der Waals surface area contributed by atoms with Crippen LogP contribution in [0.2, 0.25) is 0 Å². The second-order valence-electron chi connectivity index (χ2n) is 8.97. The molecule has 0 unspecified atom stereocenters. The number of carbonyl (C=O) groups excluding carboxylic acids is 1. The molecule has 3 rings (SSSR count). The molecular weight excluding hydrogens is 541 g/mol. The van der Waals surface area contributed by atoms with Crippen LogP contribution in [0, 0.1) is 0 Å². The van der Waals surface area contributed by atoms with Gasteiger partial charge in [-0.05, 0) is 62.6 Å². The predicted molar refractivity (Wildman–Crippen MR) is 151 cm³/mol. The molecule has 3 N–H and O–H groups in total. The monoisotopic (exact) mass is 577 g/mol. The van der Waals surface area contributed by atoms with Crippen LogP contribution in [0.5, 0.6) is 0 Å². The molecule has 8 heteroatoms. The summed E-state index contributed by atoms with van der Waals surface area (Å²) in [6.45, 7) is 8.92. The van der Waals surface area contributed by atoms with E-state index in [1.54, 1.807) is 7.05 Å². The van der Waals surface area contributed by atoms with E-state index in [1.807, 2.05) is 45.0 Å². The van der Waals surface area contributed by atoms with Crippen molar-refractivity contribution in [2.45, 2.75) is 39.3 Å². The van der Waals surface area contributed by atoms with Gasteiger partial charge in [0.2, 0.25) is 0 Å². The SMILES string of the molecule is CN=C(NCCc1ccc(NC(=O)OC(C)(C)C)cc1)NCc1cccc(N2CC=CC2)c1.I. The Bertz CT molecular complexity index is 975. The lowest BCUT2D eigenvalue weighted by Gasteiger charge is -2.19. The highest BCUT2D eigenvalue weighted by atomic mass is 127. The number of hydrogen-bond donors (Lipinski definition) is 3. The first kappa shape index (κ1) is 27.5. The molecule has 0 fully saturated rings. The molecule has 0 atom stereocenters. The molecule has 0 spiro atoms. The van der Waals surface area contributed by atoms with Crippen LogP contribution in [0.15, 0.2) is 65.7 Å². The van der Waals surface area contributed by atoms with Crippen LogP contribution in [-0.2, 0) is 17.7 Å². The van der Waals surface area contributed by atoms with Crippen LogP contribution in [0.3, 0.4) is 0 Å². The molecule has 1 aliphatic heterocycles. The Morgan fingerprint density at radius 2 is 1.74 bits per heavy atom. The number of aliphatic imine (C=N–C) groups is 1. The van der Waals surface area contributed by atoms with Crippen LogP contribution in [0.1, 0.15) is 31.9 Å². The predicted octanol–water partition coefficient (Wildman–Crippen LogP) is 4.94. The number of carbonyl (C=O) groups is 1. The van der Waals surface area contributed by atoms with Crippen molar-refractivity contribution >= 4 is 47.4 Å². The number of ether oxygens (including phenoxy) is 1. The third-order valence-electron chi connectivity index (χ3n) is 5.08. The first-order valence-electron chi connectivity index (χ1n) is 11.3. The van der Waals surface area contributed by atoms with Crippen LogP contribution in [-0.4, -0.2) is 44.3 Å².